The molecule has 0 unspecified atom stereocenters. The molecular weight excluding hydrogens is 360 g/mol. The highest BCUT2D eigenvalue weighted by molar-refractivity contribution is 5.94. The molecule has 0 fully saturated rings. The van der Waals surface area contributed by atoms with E-state index in [0.29, 0.717) is 12.1 Å². The van der Waals surface area contributed by atoms with Gasteiger partial charge in [0.2, 0.25) is 0 Å². The van der Waals surface area contributed by atoms with Crippen molar-refractivity contribution >= 4 is 5.91 Å². The van der Waals surface area contributed by atoms with Crippen molar-refractivity contribution in [1.82, 2.24) is 20.1 Å². The summed E-state index contributed by atoms with van der Waals surface area (Å²) in [7, 11) is 0. The molecule has 5 heteroatoms. The maximum atomic E-state index is 12.6. The van der Waals surface area contributed by atoms with E-state index in [-0.39, 0.29) is 11.8 Å². The minimum atomic E-state index is -0.0741. The molecule has 144 valence electrons. The first kappa shape index (κ1) is 18.6. The predicted octanol–water partition coefficient (Wildman–Crippen LogP) is 4.22. The molecule has 0 atom stereocenters. The van der Waals surface area contributed by atoms with Gasteiger partial charge in [0, 0.05) is 18.0 Å². The van der Waals surface area contributed by atoms with E-state index >= 15 is 0 Å². The summed E-state index contributed by atoms with van der Waals surface area (Å²) in [6.07, 6.45) is 3.94. The standard InChI is InChI=1S/C24H22N4O/c29-24(21-11-13-22(14-12-21)28-18-25-17-27-28)26-16-15-23(19-7-3-1-4-8-19)20-9-5-2-6-10-20/h1-14,17-18,23H,15-16H2,(H,26,29). The normalized spacial score (nSPS) is 10.8. The molecule has 0 bridgehead atoms. The van der Waals surface area contributed by atoms with Crippen LogP contribution in [0.25, 0.3) is 5.69 Å². The molecule has 29 heavy (non-hydrogen) atoms. The molecule has 4 aromatic rings. The molecule has 1 heterocycles. The Morgan fingerprint density at radius 1 is 0.862 bits per heavy atom. The fourth-order valence-electron chi connectivity index (χ4n) is 3.44. The molecule has 0 saturated carbocycles. The summed E-state index contributed by atoms with van der Waals surface area (Å²) in [5, 5.41) is 7.14. The summed E-state index contributed by atoms with van der Waals surface area (Å²) >= 11 is 0. The lowest BCUT2D eigenvalue weighted by molar-refractivity contribution is 0.0953. The maximum Gasteiger partial charge on any atom is 0.251 e. The van der Waals surface area contributed by atoms with Gasteiger partial charge >= 0.3 is 0 Å². The maximum absolute atomic E-state index is 12.6. The lowest BCUT2D eigenvalue weighted by Gasteiger charge is -2.18. The van der Waals surface area contributed by atoms with E-state index in [2.05, 4.69) is 63.9 Å². The second-order valence-corrected chi connectivity index (χ2v) is 6.81. The van der Waals surface area contributed by atoms with E-state index in [1.54, 1.807) is 23.1 Å². The van der Waals surface area contributed by atoms with Crippen LogP contribution in [0, 0.1) is 0 Å². The molecule has 1 aromatic heterocycles. The van der Waals surface area contributed by atoms with Crippen LogP contribution in [0.15, 0.2) is 97.6 Å². The molecule has 3 aromatic carbocycles. The minimum absolute atomic E-state index is 0.0741. The number of nitrogens with zero attached hydrogens (tertiary/aromatic N) is 3. The molecule has 0 aliphatic rings. The fourth-order valence-corrected chi connectivity index (χ4v) is 3.44. The molecular formula is C24H22N4O. The third kappa shape index (κ3) is 4.58. The lowest BCUT2D eigenvalue weighted by Crippen LogP contribution is -2.25. The second kappa shape index (κ2) is 8.97. The van der Waals surface area contributed by atoms with Crippen LogP contribution in [-0.2, 0) is 0 Å². The van der Waals surface area contributed by atoms with Crippen LogP contribution in [0.5, 0.6) is 0 Å². The van der Waals surface area contributed by atoms with E-state index in [4.69, 9.17) is 0 Å². The van der Waals surface area contributed by atoms with Gasteiger partial charge in [-0.3, -0.25) is 4.79 Å². The summed E-state index contributed by atoms with van der Waals surface area (Å²) in [5.74, 6) is 0.169. The lowest BCUT2D eigenvalue weighted by atomic mass is 9.88. The Morgan fingerprint density at radius 2 is 1.48 bits per heavy atom. The summed E-state index contributed by atoms with van der Waals surface area (Å²) in [4.78, 5) is 16.5. The topological polar surface area (TPSA) is 59.8 Å². The highest BCUT2D eigenvalue weighted by atomic mass is 16.1. The van der Waals surface area contributed by atoms with E-state index in [1.807, 2.05) is 24.3 Å². The van der Waals surface area contributed by atoms with Gasteiger partial charge in [-0.2, -0.15) is 5.10 Å². The van der Waals surface area contributed by atoms with Gasteiger partial charge in [0.15, 0.2) is 0 Å². The number of rotatable bonds is 7. The Balaban J connectivity index is 1.40. The number of nitrogens with one attached hydrogen (secondary N) is 1. The molecule has 0 aliphatic carbocycles. The van der Waals surface area contributed by atoms with Crippen LogP contribution in [0.1, 0.15) is 33.8 Å². The zero-order valence-electron chi connectivity index (χ0n) is 16.0. The van der Waals surface area contributed by atoms with Crippen molar-refractivity contribution in [1.29, 1.82) is 0 Å². The van der Waals surface area contributed by atoms with Crippen molar-refractivity contribution < 1.29 is 4.79 Å². The zero-order chi connectivity index (χ0) is 19.9. The Kier molecular flexibility index (Phi) is 5.76. The monoisotopic (exact) mass is 382 g/mol. The fraction of sp³-hybridized carbons (Fsp3) is 0.125. The highest BCUT2D eigenvalue weighted by Gasteiger charge is 2.14. The van der Waals surface area contributed by atoms with Crippen molar-refractivity contribution in [3.05, 3.63) is 114 Å². The number of hydrogen-bond donors (Lipinski definition) is 1. The van der Waals surface area contributed by atoms with Gasteiger partial charge in [0.05, 0.1) is 5.69 Å². The molecule has 5 nitrogen and oxygen atoms in total. The van der Waals surface area contributed by atoms with Gasteiger partial charge in [-0.15, -0.1) is 0 Å². The van der Waals surface area contributed by atoms with Crippen LogP contribution >= 0.6 is 0 Å². The van der Waals surface area contributed by atoms with Crippen molar-refractivity contribution in [3.8, 4) is 5.69 Å². The summed E-state index contributed by atoms with van der Waals surface area (Å²) < 4.78 is 1.66. The molecule has 0 saturated heterocycles. The van der Waals surface area contributed by atoms with Crippen LogP contribution in [0.4, 0.5) is 0 Å². The third-order valence-corrected chi connectivity index (χ3v) is 4.94. The van der Waals surface area contributed by atoms with Gasteiger partial charge in [-0.05, 0) is 41.8 Å². The molecule has 4 rings (SSSR count). The number of aromatic nitrogens is 3. The third-order valence-electron chi connectivity index (χ3n) is 4.94. The van der Waals surface area contributed by atoms with Crippen LogP contribution in [0.3, 0.4) is 0 Å². The van der Waals surface area contributed by atoms with Crippen LogP contribution in [-0.4, -0.2) is 27.2 Å². The number of benzene rings is 3. The minimum Gasteiger partial charge on any atom is -0.352 e. The van der Waals surface area contributed by atoms with Crippen molar-refractivity contribution in [2.24, 2.45) is 0 Å². The Morgan fingerprint density at radius 3 is 2.03 bits per heavy atom. The molecule has 1 N–H and O–H groups in total. The second-order valence-electron chi connectivity index (χ2n) is 6.81. The smallest absolute Gasteiger partial charge is 0.251 e. The van der Waals surface area contributed by atoms with Gasteiger partial charge in [0.1, 0.15) is 12.7 Å². The molecule has 0 radical (unpaired) electrons. The van der Waals surface area contributed by atoms with Gasteiger partial charge in [-0.25, -0.2) is 9.67 Å². The van der Waals surface area contributed by atoms with Gasteiger partial charge < -0.3 is 5.32 Å². The number of carbonyl (C=O) groups excluding carboxylic acids is 1. The van der Waals surface area contributed by atoms with E-state index in [0.717, 1.165) is 12.1 Å². The Labute approximate surface area is 170 Å². The number of amides is 1. The Hall–Kier alpha value is -3.73. The van der Waals surface area contributed by atoms with Gasteiger partial charge in [0.25, 0.3) is 5.91 Å². The van der Waals surface area contributed by atoms with Crippen molar-refractivity contribution in [3.63, 3.8) is 0 Å². The molecule has 0 spiro atoms. The van der Waals surface area contributed by atoms with E-state index < -0.39 is 0 Å². The zero-order valence-corrected chi connectivity index (χ0v) is 16.0. The molecule has 0 aliphatic heterocycles. The highest BCUT2D eigenvalue weighted by Crippen LogP contribution is 2.27. The predicted molar refractivity (Wildman–Crippen MR) is 113 cm³/mol. The average Bonchev–Trinajstić information content (AvgIpc) is 3.33. The average molecular weight is 382 g/mol. The van der Waals surface area contributed by atoms with E-state index in [1.165, 1.54) is 17.5 Å². The van der Waals surface area contributed by atoms with Crippen LogP contribution < -0.4 is 5.32 Å². The number of hydrogen-bond acceptors (Lipinski definition) is 3. The van der Waals surface area contributed by atoms with E-state index in [9.17, 15) is 4.79 Å². The van der Waals surface area contributed by atoms with Crippen molar-refractivity contribution in [2.75, 3.05) is 6.54 Å². The first-order chi connectivity index (χ1) is 14.3. The van der Waals surface area contributed by atoms with Crippen molar-refractivity contribution in [2.45, 2.75) is 12.3 Å². The summed E-state index contributed by atoms with van der Waals surface area (Å²) in [6, 6.07) is 28.2. The number of carbonyl (C=O) groups is 1. The van der Waals surface area contributed by atoms with Gasteiger partial charge in [-0.1, -0.05) is 60.7 Å². The first-order valence-corrected chi connectivity index (χ1v) is 9.64. The quantitative estimate of drug-likeness (QED) is 0.521. The summed E-state index contributed by atoms with van der Waals surface area (Å²) in [6.45, 7) is 0.595. The van der Waals surface area contributed by atoms with Crippen LogP contribution in [0.2, 0.25) is 0 Å². The SMILES string of the molecule is O=C(NCCC(c1ccccc1)c1ccccc1)c1ccc(-n2cncn2)cc1. The molecule has 1 amide bonds. The Bertz CT molecular complexity index is 990. The first-order valence-electron chi connectivity index (χ1n) is 9.64. The summed E-state index contributed by atoms with van der Waals surface area (Å²) in [5.41, 5.74) is 4.01. The largest absolute Gasteiger partial charge is 0.352 e.